The molecule has 1 aliphatic rings. The highest BCUT2D eigenvalue weighted by Crippen LogP contribution is 2.31. The maximum absolute atomic E-state index is 12.3. The number of amides is 1. The molecule has 0 unspecified atom stereocenters. The van der Waals surface area contributed by atoms with E-state index in [1.54, 1.807) is 11.0 Å². The van der Waals surface area contributed by atoms with Gasteiger partial charge in [-0.15, -0.1) is 0 Å². The number of ether oxygens (including phenoxy) is 2. The standard InChI is InChI=1S/C24H30N2O4/c1-24(2,3)30-23(28)26-11-9-17(10-12-26)13-19(15-22(27)29-4)20-14-18-7-5-6-8-21(18)25-16-20/h5-8,14-17H,9-13H2,1-4H3/b19-15-. The molecule has 1 saturated heterocycles. The molecule has 1 aromatic carbocycles. The molecule has 1 aromatic heterocycles. The van der Waals surface area contributed by atoms with Crippen LogP contribution in [0.2, 0.25) is 0 Å². The number of aromatic nitrogens is 1. The van der Waals surface area contributed by atoms with E-state index in [2.05, 4.69) is 11.1 Å². The number of methoxy groups -OCH3 is 1. The Hall–Kier alpha value is -2.89. The van der Waals surface area contributed by atoms with E-state index in [9.17, 15) is 9.59 Å². The van der Waals surface area contributed by atoms with Crippen molar-refractivity contribution < 1.29 is 19.1 Å². The molecule has 6 heteroatoms. The predicted molar refractivity (Wildman–Crippen MR) is 117 cm³/mol. The van der Waals surface area contributed by atoms with Crippen LogP contribution in [0.4, 0.5) is 4.79 Å². The van der Waals surface area contributed by atoms with E-state index in [1.807, 2.05) is 51.2 Å². The van der Waals surface area contributed by atoms with Crippen LogP contribution in [0.1, 0.15) is 45.6 Å². The van der Waals surface area contributed by atoms with Crippen molar-refractivity contribution in [3.8, 4) is 0 Å². The Morgan fingerprint density at radius 2 is 1.90 bits per heavy atom. The van der Waals surface area contributed by atoms with Crippen LogP contribution in [-0.4, -0.2) is 47.7 Å². The maximum atomic E-state index is 12.3. The Balaban J connectivity index is 1.71. The van der Waals surface area contributed by atoms with Gasteiger partial charge in [0.1, 0.15) is 5.60 Å². The van der Waals surface area contributed by atoms with Gasteiger partial charge in [0.15, 0.2) is 0 Å². The Morgan fingerprint density at radius 1 is 1.20 bits per heavy atom. The van der Waals surface area contributed by atoms with Crippen LogP contribution >= 0.6 is 0 Å². The number of allylic oxidation sites excluding steroid dienone is 1. The molecule has 0 N–H and O–H groups in total. The van der Waals surface area contributed by atoms with E-state index in [4.69, 9.17) is 9.47 Å². The van der Waals surface area contributed by atoms with E-state index in [0.29, 0.717) is 19.0 Å². The quantitative estimate of drug-likeness (QED) is 0.533. The number of benzene rings is 1. The summed E-state index contributed by atoms with van der Waals surface area (Å²) >= 11 is 0. The molecule has 0 saturated carbocycles. The number of carbonyl (C=O) groups is 2. The fraction of sp³-hybridized carbons (Fsp3) is 0.458. The first kappa shape index (κ1) is 21.8. The molecule has 2 heterocycles. The van der Waals surface area contributed by atoms with Crippen LogP contribution < -0.4 is 0 Å². The average molecular weight is 411 g/mol. The summed E-state index contributed by atoms with van der Waals surface area (Å²) in [6, 6.07) is 9.98. The number of esters is 1. The van der Waals surface area contributed by atoms with Crippen LogP contribution in [0.25, 0.3) is 16.5 Å². The number of para-hydroxylation sites is 1. The van der Waals surface area contributed by atoms with E-state index in [1.165, 1.54) is 7.11 Å². The molecule has 0 spiro atoms. The number of pyridine rings is 1. The molecule has 0 radical (unpaired) electrons. The Morgan fingerprint density at radius 3 is 2.57 bits per heavy atom. The highest BCUT2D eigenvalue weighted by molar-refractivity contribution is 5.92. The number of carbonyl (C=O) groups excluding carboxylic acids is 2. The lowest BCUT2D eigenvalue weighted by molar-refractivity contribution is -0.134. The Labute approximate surface area is 177 Å². The number of hydrogen-bond donors (Lipinski definition) is 0. The number of fused-ring (bicyclic) bond motifs is 1. The van der Waals surface area contributed by atoms with E-state index in [0.717, 1.165) is 41.3 Å². The first-order chi connectivity index (χ1) is 14.2. The fourth-order valence-corrected chi connectivity index (χ4v) is 3.67. The molecule has 1 amide bonds. The van der Waals surface area contributed by atoms with E-state index in [-0.39, 0.29) is 12.1 Å². The zero-order valence-corrected chi connectivity index (χ0v) is 18.2. The summed E-state index contributed by atoms with van der Waals surface area (Å²) in [5.74, 6) is -0.00425. The van der Waals surface area contributed by atoms with Crippen LogP contribution in [-0.2, 0) is 14.3 Å². The third kappa shape index (κ3) is 5.81. The summed E-state index contributed by atoms with van der Waals surface area (Å²) in [7, 11) is 1.38. The van der Waals surface area contributed by atoms with Gasteiger partial charge < -0.3 is 14.4 Å². The number of piperidine rings is 1. The van der Waals surface area contributed by atoms with Crippen molar-refractivity contribution in [1.82, 2.24) is 9.88 Å². The largest absolute Gasteiger partial charge is 0.466 e. The lowest BCUT2D eigenvalue weighted by Crippen LogP contribution is -2.41. The van der Waals surface area contributed by atoms with Crippen molar-refractivity contribution in [1.29, 1.82) is 0 Å². The molecule has 6 nitrogen and oxygen atoms in total. The highest BCUT2D eigenvalue weighted by Gasteiger charge is 2.27. The second-order valence-electron chi connectivity index (χ2n) is 8.72. The zero-order chi connectivity index (χ0) is 21.7. The lowest BCUT2D eigenvalue weighted by Gasteiger charge is -2.33. The summed E-state index contributed by atoms with van der Waals surface area (Å²) in [5, 5.41) is 1.03. The normalized spacial score (nSPS) is 15.9. The monoisotopic (exact) mass is 410 g/mol. The first-order valence-electron chi connectivity index (χ1n) is 10.4. The van der Waals surface area contributed by atoms with Gasteiger partial charge in [-0.05, 0) is 69.2 Å². The molecule has 0 aliphatic carbocycles. The molecular formula is C24H30N2O4. The summed E-state index contributed by atoms with van der Waals surface area (Å²) in [4.78, 5) is 30.6. The minimum absolute atomic E-state index is 0.259. The van der Waals surface area contributed by atoms with E-state index < -0.39 is 5.60 Å². The fourth-order valence-electron chi connectivity index (χ4n) is 3.67. The summed E-state index contributed by atoms with van der Waals surface area (Å²) in [6.45, 7) is 6.93. The number of rotatable bonds is 4. The van der Waals surface area contributed by atoms with Crippen LogP contribution in [0.5, 0.6) is 0 Å². The van der Waals surface area contributed by atoms with Crippen LogP contribution in [0.15, 0.2) is 42.6 Å². The van der Waals surface area contributed by atoms with Gasteiger partial charge in [0.05, 0.1) is 12.6 Å². The number of hydrogen-bond acceptors (Lipinski definition) is 5. The molecular weight excluding hydrogens is 380 g/mol. The second kappa shape index (κ2) is 9.28. The third-order valence-electron chi connectivity index (χ3n) is 5.23. The lowest BCUT2D eigenvalue weighted by atomic mass is 9.87. The van der Waals surface area contributed by atoms with Gasteiger partial charge in [-0.1, -0.05) is 18.2 Å². The van der Waals surface area contributed by atoms with Crippen molar-refractivity contribution in [2.75, 3.05) is 20.2 Å². The molecule has 0 atom stereocenters. The molecule has 1 aliphatic heterocycles. The Bertz CT molecular complexity index is 938. The highest BCUT2D eigenvalue weighted by atomic mass is 16.6. The summed E-state index contributed by atoms with van der Waals surface area (Å²) in [5.41, 5.74) is 2.27. The topological polar surface area (TPSA) is 68.7 Å². The second-order valence-corrected chi connectivity index (χ2v) is 8.72. The maximum Gasteiger partial charge on any atom is 0.410 e. The first-order valence-corrected chi connectivity index (χ1v) is 10.4. The molecule has 30 heavy (non-hydrogen) atoms. The van der Waals surface area contributed by atoms with Gasteiger partial charge in [0, 0.05) is 30.7 Å². The van der Waals surface area contributed by atoms with Gasteiger partial charge in [-0.2, -0.15) is 0 Å². The minimum Gasteiger partial charge on any atom is -0.466 e. The minimum atomic E-state index is -0.493. The predicted octanol–water partition coefficient (Wildman–Crippen LogP) is 4.83. The van der Waals surface area contributed by atoms with Crippen molar-refractivity contribution in [2.24, 2.45) is 5.92 Å². The van der Waals surface area contributed by atoms with Gasteiger partial charge in [0.25, 0.3) is 0 Å². The van der Waals surface area contributed by atoms with Crippen molar-refractivity contribution >= 4 is 28.5 Å². The summed E-state index contributed by atoms with van der Waals surface area (Å²) < 4.78 is 10.3. The van der Waals surface area contributed by atoms with Crippen LogP contribution in [0.3, 0.4) is 0 Å². The smallest absolute Gasteiger partial charge is 0.410 e. The third-order valence-corrected chi connectivity index (χ3v) is 5.23. The van der Waals surface area contributed by atoms with Crippen molar-refractivity contribution in [3.63, 3.8) is 0 Å². The average Bonchev–Trinajstić information content (AvgIpc) is 2.72. The summed E-state index contributed by atoms with van der Waals surface area (Å²) in [6.07, 6.45) is 5.57. The van der Waals surface area contributed by atoms with Crippen molar-refractivity contribution in [2.45, 2.75) is 45.6 Å². The van der Waals surface area contributed by atoms with Crippen LogP contribution in [0, 0.1) is 5.92 Å². The molecule has 160 valence electrons. The molecule has 2 aromatic rings. The molecule has 0 bridgehead atoms. The molecule has 1 fully saturated rings. The molecule has 3 rings (SSSR count). The number of likely N-dealkylation sites (tertiary alicyclic amines) is 1. The van der Waals surface area contributed by atoms with Crippen molar-refractivity contribution in [3.05, 3.63) is 48.2 Å². The SMILES string of the molecule is COC(=O)/C=C(/CC1CCN(C(=O)OC(C)(C)C)CC1)c1cnc2ccccc2c1. The van der Waals surface area contributed by atoms with Gasteiger partial charge in [-0.25, -0.2) is 9.59 Å². The van der Waals surface area contributed by atoms with Gasteiger partial charge in [0.2, 0.25) is 0 Å². The number of nitrogens with zero attached hydrogens (tertiary/aromatic N) is 2. The van der Waals surface area contributed by atoms with Gasteiger partial charge >= 0.3 is 12.1 Å². The van der Waals surface area contributed by atoms with E-state index >= 15 is 0 Å². The zero-order valence-electron chi connectivity index (χ0n) is 18.2. The Kier molecular flexibility index (Phi) is 6.75. The van der Waals surface area contributed by atoms with Gasteiger partial charge in [-0.3, -0.25) is 4.98 Å².